The first-order valence-corrected chi connectivity index (χ1v) is 6.93. The van der Waals surface area contributed by atoms with E-state index in [9.17, 15) is 4.39 Å². The van der Waals surface area contributed by atoms with Crippen molar-refractivity contribution in [3.8, 4) is 0 Å². The molecule has 1 aromatic rings. The molecular formula is C12H16FIN2. The highest BCUT2D eigenvalue weighted by Gasteiger charge is 2.25. The van der Waals surface area contributed by atoms with Crippen LogP contribution in [-0.2, 0) is 0 Å². The van der Waals surface area contributed by atoms with Crippen molar-refractivity contribution in [1.29, 1.82) is 0 Å². The lowest BCUT2D eigenvalue weighted by Gasteiger charge is -2.31. The van der Waals surface area contributed by atoms with Gasteiger partial charge in [0.15, 0.2) is 0 Å². The third-order valence-electron chi connectivity index (χ3n) is 3.16. The first kappa shape index (κ1) is 12.1. The Morgan fingerprint density at radius 1 is 1.44 bits per heavy atom. The van der Waals surface area contributed by atoms with Gasteiger partial charge in [0.2, 0.25) is 5.95 Å². The number of halogens is 2. The monoisotopic (exact) mass is 334 g/mol. The largest absolute Gasteiger partial charge is 0.367 e. The molecule has 2 nitrogen and oxygen atoms in total. The second-order valence-electron chi connectivity index (χ2n) is 4.49. The molecule has 0 amide bonds. The van der Waals surface area contributed by atoms with Crippen LogP contribution in [0.1, 0.15) is 26.2 Å². The first-order chi connectivity index (χ1) is 7.65. The van der Waals surface area contributed by atoms with Crippen LogP contribution in [0.5, 0.6) is 0 Å². The fraction of sp³-hybridized carbons (Fsp3) is 0.583. The summed E-state index contributed by atoms with van der Waals surface area (Å²) in [7, 11) is 0. The van der Waals surface area contributed by atoms with Crippen molar-refractivity contribution in [2.45, 2.75) is 36.2 Å². The third kappa shape index (κ3) is 3.06. The summed E-state index contributed by atoms with van der Waals surface area (Å²) in [6.07, 6.45) is 3.53. The Morgan fingerprint density at radius 3 is 2.94 bits per heavy atom. The van der Waals surface area contributed by atoms with Crippen LogP contribution < -0.4 is 5.32 Å². The van der Waals surface area contributed by atoms with Crippen LogP contribution in [0.25, 0.3) is 0 Å². The van der Waals surface area contributed by atoms with Gasteiger partial charge in [0.05, 0.1) is 0 Å². The van der Waals surface area contributed by atoms with Crippen LogP contribution in [0.3, 0.4) is 0 Å². The quantitative estimate of drug-likeness (QED) is 0.508. The van der Waals surface area contributed by atoms with E-state index in [4.69, 9.17) is 0 Å². The van der Waals surface area contributed by atoms with Crippen LogP contribution in [0.4, 0.5) is 10.2 Å². The maximum Gasteiger partial charge on any atom is 0.214 e. The van der Waals surface area contributed by atoms with Crippen molar-refractivity contribution in [2.24, 2.45) is 5.92 Å². The molecule has 2 rings (SSSR count). The number of pyridine rings is 1. The minimum atomic E-state index is -0.416. The Morgan fingerprint density at radius 2 is 2.25 bits per heavy atom. The van der Waals surface area contributed by atoms with E-state index in [0.29, 0.717) is 15.8 Å². The Bertz CT molecular complexity index is 359. The SMILES string of the molecule is CC1CCC(Nc2cccc(F)n2)CC1I. The molecule has 1 N–H and O–H groups in total. The minimum Gasteiger partial charge on any atom is -0.367 e. The number of rotatable bonds is 2. The van der Waals surface area contributed by atoms with Gasteiger partial charge in [-0.2, -0.15) is 4.39 Å². The Labute approximate surface area is 109 Å². The van der Waals surface area contributed by atoms with Gasteiger partial charge in [-0.15, -0.1) is 0 Å². The topological polar surface area (TPSA) is 24.9 Å². The highest BCUT2D eigenvalue weighted by Crippen LogP contribution is 2.31. The number of hydrogen-bond donors (Lipinski definition) is 1. The molecule has 3 unspecified atom stereocenters. The van der Waals surface area contributed by atoms with Gasteiger partial charge in [0.1, 0.15) is 5.82 Å². The van der Waals surface area contributed by atoms with Crippen molar-refractivity contribution in [3.05, 3.63) is 24.1 Å². The molecular weight excluding hydrogens is 318 g/mol. The number of anilines is 1. The van der Waals surface area contributed by atoms with Gasteiger partial charge in [-0.3, -0.25) is 0 Å². The van der Waals surface area contributed by atoms with Crippen molar-refractivity contribution in [2.75, 3.05) is 5.32 Å². The number of nitrogens with one attached hydrogen (secondary N) is 1. The van der Waals surface area contributed by atoms with E-state index in [2.05, 4.69) is 39.8 Å². The summed E-state index contributed by atoms with van der Waals surface area (Å²) in [5.74, 6) is 1.03. The molecule has 1 aliphatic carbocycles. The molecule has 3 atom stereocenters. The van der Waals surface area contributed by atoms with Gasteiger partial charge in [-0.1, -0.05) is 35.6 Å². The molecule has 1 aliphatic rings. The molecule has 0 saturated heterocycles. The summed E-state index contributed by atoms with van der Waals surface area (Å²) in [4.78, 5) is 3.83. The molecule has 0 aromatic carbocycles. The van der Waals surface area contributed by atoms with E-state index in [-0.39, 0.29) is 0 Å². The lowest BCUT2D eigenvalue weighted by molar-refractivity contribution is 0.382. The van der Waals surface area contributed by atoms with Gasteiger partial charge in [-0.25, -0.2) is 4.98 Å². The second-order valence-corrected chi connectivity index (χ2v) is 6.09. The smallest absolute Gasteiger partial charge is 0.214 e. The Kier molecular flexibility index (Phi) is 4.00. The molecule has 1 heterocycles. The predicted octanol–water partition coefficient (Wildman–Crippen LogP) is 3.62. The Balaban J connectivity index is 1.95. The lowest BCUT2D eigenvalue weighted by atomic mass is 9.87. The van der Waals surface area contributed by atoms with Crippen molar-refractivity contribution in [3.63, 3.8) is 0 Å². The molecule has 1 saturated carbocycles. The van der Waals surface area contributed by atoms with Crippen molar-refractivity contribution < 1.29 is 4.39 Å². The molecule has 4 heteroatoms. The average molecular weight is 334 g/mol. The maximum atomic E-state index is 12.9. The first-order valence-electron chi connectivity index (χ1n) is 5.68. The summed E-state index contributed by atoms with van der Waals surface area (Å²) in [6.45, 7) is 2.30. The van der Waals surface area contributed by atoms with E-state index in [0.717, 1.165) is 18.8 Å². The summed E-state index contributed by atoms with van der Waals surface area (Å²) < 4.78 is 13.6. The standard InChI is InChI=1S/C12H16FIN2/c1-8-5-6-9(7-10(8)14)15-12-4-2-3-11(13)16-12/h2-4,8-10H,5-7H2,1H3,(H,15,16). The van der Waals surface area contributed by atoms with Gasteiger partial charge >= 0.3 is 0 Å². The van der Waals surface area contributed by atoms with Gasteiger partial charge in [0.25, 0.3) is 0 Å². The van der Waals surface area contributed by atoms with Crippen LogP contribution >= 0.6 is 22.6 Å². The molecule has 0 bridgehead atoms. The highest BCUT2D eigenvalue weighted by molar-refractivity contribution is 14.1. The summed E-state index contributed by atoms with van der Waals surface area (Å²) in [5, 5.41) is 3.32. The second kappa shape index (κ2) is 5.29. The van der Waals surface area contributed by atoms with Crippen molar-refractivity contribution >= 4 is 28.4 Å². The number of hydrogen-bond acceptors (Lipinski definition) is 2. The van der Waals surface area contributed by atoms with E-state index in [1.807, 2.05) is 6.07 Å². The summed E-state index contributed by atoms with van der Waals surface area (Å²) in [5.41, 5.74) is 0. The third-order valence-corrected chi connectivity index (χ3v) is 4.90. The van der Waals surface area contributed by atoms with Gasteiger partial charge in [-0.05, 0) is 37.3 Å². The predicted molar refractivity (Wildman–Crippen MR) is 72.4 cm³/mol. The Hall–Kier alpha value is -0.390. The summed E-state index contributed by atoms with van der Waals surface area (Å²) >= 11 is 2.51. The molecule has 0 spiro atoms. The van der Waals surface area contributed by atoms with E-state index < -0.39 is 5.95 Å². The minimum absolute atomic E-state index is 0.416. The fourth-order valence-electron chi connectivity index (χ4n) is 2.10. The number of nitrogens with zero attached hydrogens (tertiary/aromatic N) is 1. The average Bonchev–Trinajstić information content (AvgIpc) is 2.24. The molecule has 0 aliphatic heterocycles. The molecule has 0 radical (unpaired) electrons. The lowest BCUT2D eigenvalue weighted by Crippen LogP contribution is -2.32. The van der Waals surface area contributed by atoms with Crippen LogP contribution in [0, 0.1) is 11.9 Å². The van der Waals surface area contributed by atoms with E-state index in [1.165, 1.54) is 12.5 Å². The molecule has 1 aromatic heterocycles. The van der Waals surface area contributed by atoms with Crippen LogP contribution in [-0.4, -0.2) is 15.0 Å². The zero-order valence-electron chi connectivity index (χ0n) is 9.29. The summed E-state index contributed by atoms with van der Waals surface area (Å²) in [6, 6.07) is 5.32. The fourth-order valence-corrected chi connectivity index (χ4v) is 3.07. The van der Waals surface area contributed by atoms with E-state index >= 15 is 0 Å². The van der Waals surface area contributed by atoms with Crippen LogP contribution in [0.15, 0.2) is 18.2 Å². The normalized spacial score (nSPS) is 30.1. The number of aromatic nitrogens is 1. The van der Waals surface area contributed by atoms with E-state index in [1.54, 1.807) is 6.07 Å². The molecule has 1 fully saturated rings. The number of alkyl halides is 1. The van der Waals surface area contributed by atoms with Gasteiger partial charge < -0.3 is 5.32 Å². The molecule has 88 valence electrons. The highest BCUT2D eigenvalue weighted by atomic mass is 127. The van der Waals surface area contributed by atoms with Crippen LogP contribution in [0.2, 0.25) is 0 Å². The van der Waals surface area contributed by atoms with Gasteiger partial charge in [0, 0.05) is 9.97 Å². The zero-order valence-corrected chi connectivity index (χ0v) is 11.4. The van der Waals surface area contributed by atoms with Crippen molar-refractivity contribution in [1.82, 2.24) is 4.98 Å². The maximum absolute atomic E-state index is 12.9. The molecule has 16 heavy (non-hydrogen) atoms. The zero-order chi connectivity index (χ0) is 11.5.